The van der Waals surface area contributed by atoms with Crippen LogP contribution in [0.5, 0.6) is 0 Å². The van der Waals surface area contributed by atoms with Crippen LogP contribution in [0, 0.1) is 11.3 Å². The molecule has 0 aliphatic carbocycles. The fourth-order valence-corrected chi connectivity index (χ4v) is 1.87. The van der Waals surface area contributed by atoms with Gasteiger partial charge in [-0.2, -0.15) is 5.26 Å². The van der Waals surface area contributed by atoms with E-state index in [1.54, 1.807) is 12.3 Å². The van der Waals surface area contributed by atoms with E-state index in [-0.39, 0.29) is 11.1 Å². The Labute approximate surface area is 108 Å². The van der Waals surface area contributed by atoms with Gasteiger partial charge in [-0.25, -0.2) is 0 Å². The fourth-order valence-electron chi connectivity index (χ4n) is 1.87. The average molecular weight is 247 g/mol. The maximum Gasteiger partial charge on any atom is 0.267 e. The summed E-state index contributed by atoms with van der Waals surface area (Å²) in [5.74, 6) is 0. The molecule has 0 aliphatic rings. The van der Waals surface area contributed by atoms with Crippen molar-refractivity contribution in [2.75, 3.05) is 11.9 Å². The lowest BCUT2D eigenvalue weighted by atomic mass is 10.1. The van der Waals surface area contributed by atoms with Crippen LogP contribution in [0.4, 0.5) is 5.69 Å². The van der Waals surface area contributed by atoms with E-state index in [0.717, 1.165) is 13.0 Å². The summed E-state index contributed by atoms with van der Waals surface area (Å²) >= 11 is 0. The van der Waals surface area contributed by atoms with Crippen molar-refractivity contribution < 1.29 is 0 Å². The molecular formula is C14H21N3O. The number of nitrogens with zero attached hydrogens (tertiary/aromatic N) is 1. The second-order valence-corrected chi connectivity index (χ2v) is 4.40. The number of nitriles is 1. The van der Waals surface area contributed by atoms with Crippen molar-refractivity contribution in [1.82, 2.24) is 4.98 Å². The highest BCUT2D eigenvalue weighted by atomic mass is 16.1. The summed E-state index contributed by atoms with van der Waals surface area (Å²) in [6.07, 6.45) is 8.95. The number of unbranched alkanes of at least 4 members (excludes halogenated alkanes) is 5. The Kier molecular flexibility index (Phi) is 6.63. The zero-order chi connectivity index (χ0) is 13.2. The molecule has 2 N–H and O–H groups in total. The van der Waals surface area contributed by atoms with Crippen molar-refractivity contribution in [3.63, 3.8) is 0 Å². The number of H-pyrrole nitrogens is 1. The van der Waals surface area contributed by atoms with Crippen LogP contribution in [-0.2, 0) is 0 Å². The number of nitrogens with one attached hydrogen (secondary N) is 2. The van der Waals surface area contributed by atoms with Gasteiger partial charge in [0, 0.05) is 12.7 Å². The van der Waals surface area contributed by atoms with Crippen LogP contribution in [0.15, 0.2) is 17.1 Å². The van der Waals surface area contributed by atoms with E-state index in [9.17, 15) is 4.79 Å². The van der Waals surface area contributed by atoms with Crippen LogP contribution in [-0.4, -0.2) is 11.5 Å². The molecule has 0 atom stereocenters. The van der Waals surface area contributed by atoms with E-state index in [1.165, 1.54) is 32.1 Å². The van der Waals surface area contributed by atoms with E-state index in [0.29, 0.717) is 5.69 Å². The van der Waals surface area contributed by atoms with E-state index >= 15 is 0 Å². The molecule has 98 valence electrons. The molecule has 0 radical (unpaired) electrons. The van der Waals surface area contributed by atoms with Gasteiger partial charge in [0.05, 0.1) is 5.69 Å². The molecule has 1 heterocycles. The summed E-state index contributed by atoms with van der Waals surface area (Å²) in [4.78, 5) is 13.9. The normalized spacial score (nSPS) is 10.0. The second-order valence-electron chi connectivity index (χ2n) is 4.40. The Hall–Kier alpha value is -1.76. The lowest BCUT2D eigenvalue weighted by Gasteiger charge is -2.07. The second kappa shape index (κ2) is 8.35. The number of rotatable bonds is 8. The minimum absolute atomic E-state index is 0.170. The molecule has 4 heteroatoms. The van der Waals surface area contributed by atoms with Crippen LogP contribution >= 0.6 is 0 Å². The molecule has 0 saturated heterocycles. The molecule has 18 heavy (non-hydrogen) atoms. The molecule has 1 rings (SSSR count). The zero-order valence-electron chi connectivity index (χ0n) is 11.0. The van der Waals surface area contributed by atoms with E-state index in [1.807, 2.05) is 6.07 Å². The van der Waals surface area contributed by atoms with Crippen molar-refractivity contribution in [2.45, 2.75) is 45.4 Å². The number of hydrogen-bond acceptors (Lipinski definition) is 3. The highest BCUT2D eigenvalue weighted by molar-refractivity contribution is 5.55. The van der Waals surface area contributed by atoms with Gasteiger partial charge in [-0.1, -0.05) is 39.0 Å². The number of hydrogen-bond donors (Lipinski definition) is 2. The molecule has 0 saturated carbocycles. The first-order chi connectivity index (χ1) is 8.79. The summed E-state index contributed by atoms with van der Waals surface area (Å²) in [5, 5.41) is 12.0. The standard InChI is InChI=1S/C14H21N3O/c1-2-3-4-5-6-7-9-16-13-8-10-17-14(18)12(13)11-15/h8,10H,2-7,9H2,1H3,(H2,16,17,18). The largest absolute Gasteiger partial charge is 0.384 e. The summed E-state index contributed by atoms with van der Waals surface area (Å²) in [6.45, 7) is 3.02. The summed E-state index contributed by atoms with van der Waals surface area (Å²) in [7, 11) is 0. The summed E-state index contributed by atoms with van der Waals surface area (Å²) in [6, 6.07) is 3.66. The Balaban J connectivity index is 2.30. The lowest BCUT2D eigenvalue weighted by molar-refractivity contribution is 0.617. The maximum atomic E-state index is 11.4. The van der Waals surface area contributed by atoms with Gasteiger partial charge < -0.3 is 10.3 Å². The van der Waals surface area contributed by atoms with Gasteiger partial charge in [0.2, 0.25) is 0 Å². The molecule has 0 aliphatic heterocycles. The van der Waals surface area contributed by atoms with E-state index in [2.05, 4.69) is 17.2 Å². The van der Waals surface area contributed by atoms with Crippen molar-refractivity contribution in [1.29, 1.82) is 5.26 Å². The van der Waals surface area contributed by atoms with Crippen LogP contribution in [0.2, 0.25) is 0 Å². The van der Waals surface area contributed by atoms with Crippen molar-refractivity contribution in [2.24, 2.45) is 0 Å². The Morgan fingerprint density at radius 2 is 2.00 bits per heavy atom. The van der Waals surface area contributed by atoms with Crippen LogP contribution in [0.25, 0.3) is 0 Å². The first-order valence-electron chi connectivity index (χ1n) is 6.65. The van der Waals surface area contributed by atoms with Gasteiger partial charge in [-0.3, -0.25) is 4.79 Å². The molecule has 0 fully saturated rings. The number of anilines is 1. The third kappa shape index (κ3) is 4.62. The highest BCUT2D eigenvalue weighted by Gasteiger charge is 2.04. The third-order valence-electron chi connectivity index (χ3n) is 2.92. The lowest BCUT2D eigenvalue weighted by Crippen LogP contribution is -2.13. The zero-order valence-corrected chi connectivity index (χ0v) is 11.0. The van der Waals surface area contributed by atoms with Gasteiger partial charge in [-0.15, -0.1) is 0 Å². The van der Waals surface area contributed by atoms with Crippen molar-refractivity contribution in [3.05, 3.63) is 28.2 Å². The molecule has 1 aromatic rings. The first kappa shape index (κ1) is 14.3. The average Bonchev–Trinajstić information content (AvgIpc) is 2.38. The Morgan fingerprint density at radius 1 is 1.28 bits per heavy atom. The monoisotopic (exact) mass is 247 g/mol. The van der Waals surface area contributed by atoms with Gasteiger partial charge in [0.25, 0.3) is 5.56 Å². The van der Waals surface area contributed by atoms with Gasteiger partial charge in [0.1, 0.15) is 11.6 Å². The van der Waals surface area contributed by atoms with Crippen molar-refractivity contribution >= 4 is 5.69 Å². The quantitative estimate of drug-likeness (QED) is 0.694. The molecule has 0 bridgehead atoms. The Bertz CT molecular complexity index is 445. The van der Waals surface area contributed by atoms with E-state index < -0.39 is 0 Å². The molecule has 4 nitrogen and oxygen atoms in total. The van der Waals surface area contributed by atoms with Gasteiger partial charge in [-0.05, 0) is 12.5 Å². The number of pyridine rings is 1. The molecule has 0 spiro atoms. The summed E-state index contributed by atoms with van der Waals surface area (Å²) < 4.78 is 0. The molecule has 0 unspecified atom stereocenters. The smallest absolute Gasteiger partial charge is 0.267 e. The fraction of sp³-hybridized carbons (Fsp3) is 0.571. The molecule has 0 aromatic carbocycles. The van der Waals surface area contributed by atoms with Crippen LogP contribution in [0.1, 0.15) is 51.0 Å². The SMILES string of the molecule is CCCCCCCCNc1cc[nH]c(=O)c1C#N. The first-order valence-corrected chi connectivity index (χ1v) is 6.65. The van der Waals surface area contributed by atoms with Gasteiger partial charge in [0.15, 0.2) is 0 Å². The van der Waals surface area contributed by atoms with Gasteiger partial charge >= 0.3 is 0 Å². The van der Waals surface area contributed by atoms with Crippen LogP contribution < -0.4 is 10.9 Å². The predicted molar refractivity (Wildman–Crippen MR) is 73.6 cm³/mol. The molecule has 0 amide bonds. The topological polar surface area (TPSA) is 68.7 Å². The molecular weight excluding hydrogens is 226 g/mol. The highest BCUT2D eigenvalue weighted by Crippen LogP contribution is 2.10. The predicted octanol–water partition coefficient (Wildman–Crippen LogP) is 3.02. The minimum Gasteiger partial charge on any atom is -0.384 e. The number of aromatic amines is 1. The Morgan fingerprint density at radius 3 is 2.72 bits per heavy atom. The summed E-state index contributed by atoms with van der Waals surface area (Å²) in [5.41, 5.74) is 0.476. The van der Waals surface area contributed by atoms with Crippen molar-refractivity contribution in [3.8, 4) is 6.07 Å². The minimum atomic E-state index is -0.328. The van der Waals surface area contributed by atoms with Crippen LogP contribution in [0.3, 0.4) is 0 Å². The third-order valence-corrected chi connectivity index (χ3v) is 2.92. The number of aromatic nitrogens is 1. The molecule has 1 aromatic heterocycles. The van der Waals surface area contributed by atoms with E-state index in [4.69, 9.17) is 5.26 Å². The maximum absolute atomic E-state index is 11.4.